The summed E-state index contributed by atoms with van der Waals surface area (Å²) >= 11 is 0. The highest BCUT2D eigenvalue weighted by Crippen LogP contribution is 2.15. The predicted octanol–water partition coefficient (Wildman–Crippen LogP) is 1.54. The number of carbonyl (C=O) groups is 3. The molecule has 1 heterocycles. The maximum Gasteiger partial charge on any atom is 0.513 e. The minimum absolute atomic E-state index is 0.0411. The summed E-state index contributed by atoms with van der Waals surface area (Å²) in [5.74, 6) is 0.240. The monoisotopic (exact) mass is 364 g/mol. The highest BCUT2D eigenvalue weighted by atomic mass is 16.7. The highest BCUT2D eigenvalue weighted by Gasteiger charge is 2.24. The fourth-order valence-electron chi connectivity index (χ4n) is 2.60. The summed E-state index contributed by atoms with van der Waals surface area (Å²) in [4.78, 5) is 39.3. The summed E-state index contributed by atoms with van der Waals surface area (Å²) in [6, 6.07) is 6.31. The van der Waals surface area contributed by atoms with Gasteiger partial charge in [0, 0.05) is 38.9 Å². The zero-order valence-corrected chi connectivity index (χ0v) is 15.1. The van der Waals surface area contributed by atoms with Crippen LogP contribution in [0.15, 0.2) is 24.3 Å². The van der Waals surface area contributed by atoms with Crippen LogP contribution in [0.5, 0.6) is 5.75 Å². The molecule has 2 rings (SSSR count). The zero-order chi connectivity index (χ0) is 18.9. The quantitative estimate of drug-likeness (QED) is 0.562. The maximum atomic E-state index is 12.6. The lowest BCUT2D eigenvalue weighted by molar-refractivity contribution is -0.133. The SMILES string of the molecule is CCOC(=O)Oc1ccc(C(=O)N2CCN(C(=O)CCOC)CC2)cc1. The van der Waals surface area contributed by atoms with Crippen LogP contribution in [-0.2, 0) is 14.3 Å². The summed E-state index contributed by atoms with van der Waals surface area (Å²) in [7, 11) is 1.56. The second-order valence-corrected chi connectivity index (χ2v) is 5.73. The van der Waals surface area contributed by atoms with Gasteiger partial charge in [0.1, 0.15) is 5.75 Å². The van der Waals surface area contributed by atoms with Gasteiger partial charge < -0.3 is 24.0 Å². The van der Waals surface area contributed by atoms with Gasteiger partial charge in [0.2, 0.25) is 5.91 Å². The van der Waals surface area contributed by atoms with E-state index in [1.807, 2.05) is 0 Å². The van der Waals surface area contributed by atoms with E-state index in [-0.39, 0.29) is 18.4 Å². The molecule has 1 aliphatic rings. The third-order valence-corrected chi connectivity index (χ3v) is 4.00. The molecule has 0 atom stereocenters. The molecule has 0 radical (unpaired) electrons. The van der Waals surface area contributed by atoms with Crippen molar-refractivity contribution in [2.24, 2.45) is 0 Å². The summed E-state index contributed by atoms with van der Waals surface area (Å²) < 4.78 is 14.6. The Kier molecular flexibility index (Phi) is 7.40. The van der Waals surface area contributed by atoms with Crippen LogP contribution in [0.25, 0.3) is 0 Å². The van der Waals surface area contributed by atoms with Crippen LogP contribution >= 0.6 is 0 Å². The van der Waals surface area contributed by atoms with Crippen molar-refractivity contribution in [2.45, 2.75) is 13.3 Å². The number of ether oxygens (including phenoxy) is 3. The first kappa shape index (κ1) is 19.7. The number of benzene rings is 1. The molecule has 0 aliphatic carbocycles. The predicted molar refractivity (Wildman–Crippen MR) is 93.1 cm³/mol. The van der Waals surface area contributed by atoms with Gasteiger partial charge in [-0.1, -0.05) is 0 Å². The molecule has 1 fully saturated rings. The van der Waals surface area contributed by atoms with Crippen LogP contribution in [0, 0.1) is 0 Å². The second-order valence-electron chi connectivity index (χ2n) is 5.73. The van der Waals surface area contributed by atoms with Crippen molar-refractivity contribution < 1.29 is 28.6 Å². The summed E-state index contributed by atoms with van der Waals surface area (Å²) in [5, 5.41) is 0. The number of carbonyl (C=O) groups excluding carboxylic acids is 3. The van der Waals surface area contributed by atoms with Crippen molar-refractivity contribution in [1.29, 1.82) is 0 Å². The largest absolute Gasteiger partial charge is 0.513 e. The second kappa shape index (κ2) is 9.76. The van der Waals surface area contributed by atoms with E-state index in [4.69, 9.17) is 14.2 Å². The van der Waals surface area contributed by atoms with E-state index < -0.39 is 6.16 Å². The number of piperazine rings is 1. The molecule has 0 saturated carbocycles. The van der Waals surface area contributed by atoms with Gasteiger partial charge in [0.05, 0.1) is 19.6 Å². The first-order chi connectivity index (χ1) is 12.5. The highest BCUT2D eigenvalue weighted by molar-refractivity contribution is 5.94. The standard InChI is InChI=1S/C18H24N2O6/c1-3-25-18(23)26-15-6-4-14(5-7-15)17(22)20-11-9-19(10-12-20)16(21)8-13-24-2/h4-7H,3,8-13H2,1-2H3. The number of hydrogen-bond donors (Lipinski definition) is 0. The van der Waals surface area contributed by atoms with Crippen molar-refractivity contribution in [1.82, 2.24) is 9.80 Å². The lowest BCUT2D eigenvalue weighted by Crippen LogP contribution is -2.50. The zero-order valence-electron chi connectivity index (χ0n) is 15.1. The number of methoxy groups -OCH3 is 1. The van der Waals surface area contributed by atoms with Gasteiger partial charge in [-0.15, -0.1) is 0 Å². The van der Waals surface area contributed by atoms with Crippen LogP contribution in [0.4, 0.5) is 4.79 Å². The lowest BCUT2D eigenvalue weighted by Gasteiger charge is -2.34. The van der Waals surface area contributed by atoms with Crippen LogP contribution in [0.3, 0.4) is 0 Å². The van der Waals surface area contributed by atoms with Gasteiger partial charge in [-0.25, -0.2) is 4.79 Å². The minimum atomic E-state index is -0.777. The Morgan fingerprint density at radius 2 is 1.62 bits per heavy atom. The molecular formula is C18H24N2O6. The fraction of sp³-hybridized carbons (Fsp3) is 0.500. The molecule has 142 valence electrons. The van der Waals surface area contributed by atoms with Crippen molar-refractivity contribution in [2.75, 3.05) is 46.5 Å². The molecule has 0 bridgehead atoms. The Morgan fingerprint density at radius 1 is 1.00 bits per heavy atom. The number of amides is 2. The Balaban J connectivity index is 1.86. The third-order valence-electron chi connectivity index (χ3n) is 4.00. The van der Waals surface area contributed by atoms with E-state index in [2.05, 4.69) is 0 Å². The van der Waals surface area contributed by atoms with E-state index >= 15 is 0 Å². The van der Waals surface area contributed by atoms with E-state index in [9.17, 15) is 14.4 Å². The van der Waals surface area contributed by atoms with Crippen molar-refractivity contribution in [3.05, 3.63) is 29.8 Å². The average Bonchev–Trinajstić information content (AvgIpc) is 2.66. The van der Waals surface area contributed by atoms with E-state index in [1.54, 1.807) is 48.1 Å². The molecule has 1 saturated heterocycles. The number of nitrogens with zero attached hydrogens (tertiary/aromatic N) is 2. The van der Waals surface area contributed by atoms with Crippen molar-refractivity contribution in [3.63, 3.8) is 0 Å². The maximum absolute atomic E-state index is 12.6. The smallest absolute Gasteiger partial charge is 0.434 e. The van der Waals surface area contributed by atoms with Gasteiger partial charge >= 0.3 is 6.16 Å². The normalized spacial score (nSPS) is 14.1. The first-order valence-electron chi connectivity index (χ1n) is 8.55. The van der Waals surface area contributed by atoms with E-state index in [0.717, 1.165) is 0 Å². The first-order valence-corrected chi connectivity index (χ1v) is 8.55. The molecule has 8 nitrogen and oxygen atoms in total. The van der Waals surface area contributed by atoms with Gasteiger partial charge in [0.25, 0.3) is 5.91 Å². The number of hydrogen-bond acceptors (Lipinski definition) is 6. The molecule has 26 heavy (non-hydrogen) atoms. The van der Waals surface area contributed by atoms with Gasteiger partial charge in [-0.2, -0.15) is 0 Å². The molecule has 1 aromatic rings. The Hall–Kier alpha value is -2.61. The Bertz CT molecular complexity index is 623. The van der Waals surface area contributed by atoms with Crippen LogP contribution in [0.1, 0.15) is 23.7 Å². The molecule has 0 aromatic heterocycles. The molecule has 2 amide bonds. The average molecular weight is 364 g/mol. The van der Waals surface area contributed by atoms with E-state index in [0.29, 0.717) is 50.5 Å². The van der Waals surface area contributed by atoms with Gasteiger partial charge in [0.15, 0.2) is 0 Å². The van der Waals surface area contributed by atoms with Crippen molar-refractivity contribution in [3.8, 4) is 5.75 Å². The molecule has 1 aliphatic heterocycles. The lowest BCUT2D eigenvalue weighted by atomic mass is 10.1. The third kappa shape index (κ3) is 5.45. The molecule has 0 unspecified atom stereocenters. The number of rotatable bonds is 6. The van der Waals surface area contributed by atoms with Crippen molar-refractivity contribution >= 4 is 18.0 Å². The fourth-order valence-corrected chi connectivity index (χ4v) is 2.60. The van der Waals surface area contributed by atoms with Gasteiger partial charge in [-0.3, -0.25) is 9.59 Å². The molecule has 0 spiro atoms. The Labute approximate surface area is 152 Å². The molecule has 1 aromatic carbocycles. The van der Waals surface area contributed by atoms with Gasteiger partial charge in [-0.05, 0) is 31.2 Å². The Morgan fingerprint density at radius 3 is 2.19 bits per heavy atom. The molecular weight excluding hydrogens is 340 g/mol. The minimum Gasteiger partial charge on any atom is -0.434 e. The summed E-state index contributed by atoms with van der Waals surface area (Å²) in [6.45, 7) is 4.31. The topological polar surface area (TPSA) is 85.4 Å². The summed E-state index contributed by atoms with van der Waals surface area (Å²) in [6.07, 6.45) is -0.423. The van der Waals surface area contributed by atoms with Crippen LogP contribution < -0.4 is 4.74 Å². The summed E-state index contributed by atoms with van der Waals surface area (Å²) in [5.41, 5.74) is 0.500. The van der Waals surface area contributed by atoms with Crippen LogP contribution in [-0.4, -0.2) is 74.3 Å². The molecule has 0 N–H and O–H groups in total. The van der Waals surface area contributed by atoms with Crippen LogP contribution in [0.2, 0.25) is 0 Å². The van der Waals surface area contributed by atoms with E-state index in [1.165, 1.54) is 0 Å². The molecule has 8 heteroatoms.